The minimum absolute atomic E-state index is 0.390. The molecule has 0 aliphatic heterocycles. The number of nitrogens with one attached hydrogen (secondary N) is 1. The highest BCUT2D eigenvalue weighted by Gasteiger charge is 2.07. The number of rotatable bonds is 9. The Morgan fingerprint density at radius 1 is 1.28 bits per heavy atom. The Balaban J connectivity index is 2.25. The van der Waals surface area contributed by atoms with Gasteiger partial charge in [0.05, 0.1) is 12.2 Å². The summed E-state index contributed by atoms with van der Waals surface area (Å²) in [5.41, 5.74) is 1.26. The standard InChI is InChI=1S/C14H21NO3/c1-2-10-18-11-9-15-8-7-12-5-3-4-6-13(12)14(16)17/h3-6,15H,2,7-11H2,1H3,(H,16,17). The van der Waals surface area contributed by atoms with Crippen LogP contribution in [-0.2, 0) is 11.2 Å². The van der Waals surface area contributed by atoms with Crippen LogP contribution in [0.5, 0.6) is 0 Å². The second-order valence-electron chi connectivity index (χ2n) is 4.07. The van der Waals surface area contributed by atoms with Gasteiger partial charge in [0.25, 0.3) is 0 Å². The fourth-order valence-electron chi connectivity index (χ4n) is 1.69. The summed E-state index contributed by atoms with van der Waals surface area (Å²) in [5.74, 6) is -0.864. The maximum atomic E-state index is 11.0. The van der Waals surface area contributed by atoms with Crippen molar-refractivity contribution in [3.05, 3.63) is 35.4 Å². The van der Waals surface area contributed by atoms with Crippen molar-refractivity contribution in [3.63, 3.8) is 0 Å². The number of hydrogen-bond donors (Lipinski definition) is 2. The molecule has 4 nitrogen and oxygen atoms in total. The Hall–Kier alpha value is -1.39. The molecule has 0 atom stereocenters. The SMILES string of the molecule is CCCOCCNCCc1ccccc1C(=O)O. The Morgan fingerprint density at radius 3 is 2.78 bits per heavy atom. The zero-order valence-corrected chi connectivity index (χ0v) is 10.8. The molecule has 0 radical (unpaired) electrons. The first kappa shape index (κ1) is 14.7. The molecule has 0 aliphatic carbocycles. The first-order valence-corrected chi connectivity index (χ1v) is 6.35. The van der Waals surface area contributed by atoms with Gasteiger partial charge in [-0.3, -0.25) is 0 Å². The molecule has 0 unspecified atom stereocenters. The van der Waals surface area contributed by atoms with Crippen LogP contribution in [0.4, 0.5) is 0 Å². The lowest BCUT2D eigenvalue weighted by atomic mass is 10.0. The van der Waals surface area contributed by atoms with Gasteiger partial charge in [0.2, 0.25) is 0 Å². The number of carboxylic acid groups (broad SMARTS) is 1. The molecule has 1 rings (SSSR count). The van der Waals surface area contributed by atoms with Crippen LogP contribution in [0.25, 0.3) is 0 Å². The van der Waals surface area contributed by atoms with Crippen LogP contribution in [0.15, 0.2) is 24.3 Å². The largest absolute Gasteiger partial charge is 0.478 e. The van der Waals surface area contributed by atoms with Crippen LogP contribution in [0.2, 0.25) is 0 Å². The summed E-state index contributed by atoms with van der Waals surface area (Å²) >= 11 is 0. The average molecular weight is 251 g/mol. The molecule has 4 heteroatoms. The van der Waals surface area contributed by atoms with Crippen molar-refractivity contribution in [3.8, 4) is 0 Å². The lowest BCUT2D eigenvalue weighted by Crippen LogP contribution is -2.23. The monoisotopic (exact) mass is 251 g/mol. The van der Waals surface area contributed by atoms with E-state index in [4.69, 9.17) is 9.84 Å². The minimum atomic E-state index is -0.864. The van der Waals surface area contributed by atoms with Gasteiger partial charge in [0, 0.05) is 13.2 Å². The molecule has 0 amide bonds. The maximum absolute atomic E-state index is 11.0. The fraction of sp³-hybridized carbons (Fsp3) is 0.500. The minimum Gasteiger partial charge on any atom is -0.478 e. The van der Waals surface area contributed by atoms with Crippen LogP contribution >= 0.6 is 0 Å². The fourth-order valence-corrected chi connectivity index (χ4v) is 1.69. The van der Waals surface area contributed by atoms with Crippen molar-refractivity contribution in [1.29, 1.82) is 0 Å². The van der Waals surface area contributed by atoms with E-state index in [0.29, 0.717) is 12.2 Å². The molecular weight excluding hydrogens is 230 g/mol. The number of aromatic carboxylic acids is 1. The molecule has 1 aromatic rings. The van der Waals surface area contributed by atoms with Crippen LogP contribution in [0.1, 0.15) is 29.3 Å². The molecule has 0 bridgehead atoms. The highest BCUT2D eigenvalue weighted by Crippen LogP contribution is 2.08. The van der Waals surface area contributed by atoms with Gasteiger partial charge in [-0.15, -0.1) is 0 Å². The predicted molar refractivity (Wildman–Crippen MR) is 71.1 cm³/mol. The van der Waals surface area contributed by atoms with Gasteiger partial charge < -0.3 is 15.2 Å². The summed E-state index contributed by atoms with van der Waals surface area (Å²) in [7, 11) is 0. The molecule has 0 heterocycles. The van der Waals surface area contributed by atoms with Crippen molar-refractivity contribution >= 4 is 5.97 Å². The van der Waals surface area contributed by atoms with Gasteiger partial charge >= 0.3 is 5.97 Å². The summed E-state index contributed by atoms with van der Waals surface area (Å²) in [4.78, 5) is 11.0. The normalized spacial score (nSPS) is 10.5. The van der Waals surface area contributed by atoms with E-state index in [1.165, 1.54) is 0 Å². The maximum Gasteiger partial charge on any atom is 0.335 e. The van der Waals surface area contributed by atoms with Gasteiger partial charge in [-0.1, -0.05) is 25.1 Å². The molecule has 100 valence electrons. The van der Waals surface area contributed by atoms with Crippen molar-refractivity contribution in [2.45, 2.75) is 19.8 Å². The smallest absolute Gasteiger partial charge is 0.335 e. The quantitative estimate of drug-likeness (QED) is 0.659. The number of carbonyl (C=O) groups is 1. The molecule has 2 N–H and O–H groups in total. The number of carboxylic acids is 1. The summed E-state index contributed by atoms with van der Waals surface area (Å²) < 4.78 is 5.34. The molecule has 18 heavy (non-hydrogen) atoms. The zero-order chi connectivity index (χ0) is 13.2. The first-order chi connectivity index (χ1) is 8.75. The van der Waals surface area contributed by atoms with E-state index in [0.717, 1.165) is 38.1 Å². The van der Waals surface area contributed by atoms with Gasteiger partial charge in [-0.25, -0.2) is 4.79 Å². The van der Waals surface area contributed by atoms with Crippen molar-refractivity contribution in [2.24, 2.45) is 0 Å². The van der Waals surface area contributed by atoms with E-state index in [2.05, 4.69) is 12.2 Å². The van der Waals surface area contributed by atoms with E-state index in [1.807, 2.05) is 12.1 Å². The molecule has 0 saturated heterocycles. The number of benzene rings is 1. The predicted octanol–water partition coefficient (Wildman–Crippen LogP) is 1.94. The van der Waals surface area contributed by atoms with Crippen LogP contribution in [0, 0.1) is 0 Å². The summed E-state index contributed by atoms with van der Waals surface area (Å²) in [6.07, 6.45) is 1.75. The summed E-state index contributed by atoms with van der Waals surface area (Å²) in [5, 5.41) is 12.3. The molecule has 0 spiro atoms. The third kappa shape index (κ3) is 5.29. The molecule has 1 aromatic carbocycles. The number of ether oxygens (including phenoxy) is 1. The van der Waals surface area contributed by atoms with Crippen LogP contribution < -0.4 is 5.32 Å². The van der Waals surface area contributed by atoms with E-state index in [1.54, 1.807) is 12.1 Å². The molecular formula is C14H21NO3. The van der Waals surface area contributed by atoms with Crippen molar-refractivity contribution in [2.75, 3.05) is 26.3 Å². The Morgan fingerprint density at radius 2 is 2.06 bits per heavy atom. The zero-order valence-electron chi connectivity index (χ0n) is 10.8. The third-order valence-electron chi connectivity index (χ3n) is 2.59. The van der Waals surface area contributed by atoms with Gasteiger partial charge in [0.1, 0.15) is 0 Å². The van der Waals surface area contributed by atoms with Gasteiger partial charge in [0.15, 0.2) is 0 Å². The summed E-state index contributed by atoms with van der Waals surface area (Å²) in [6, 6.07) is 7.12. The average Bonchev–Trinajstić information content (AvgIpc) is 2.38. The van der Waals surface area contributed by atoms with Crippen molar-refractivity contribution in [1.82, 2.24) is 5.32 Å². The Kier molecular flexibility index (Phi) is 7.06. The molecule has 0 saturated carbocycles. The molecule has 0 aliphatic rings. The van der Waals surface area contributed by atoms with E-state index in [9.17, 15) is 4.79 Å². The second kappa shape index (κ2) is 8.66. The number of hydrogen-bond acceptors (Lipinski definition) is 3. The van der Waals surface area contributed by atoms with Crippen LogP contribution in [-0.4, -0.2) is 37.4 Å². The third-order valence-corrected chi connectivity index (χ3v) is 2.59. The van der Waals surface area contributed by atoms with E-state index < -0.39 is 5.97 Å². The van der Waals surface area contributed by atoms with Crippen LogP contribution in [0.3, 0.4) is 0 Å². The first-order valence-electron chi connectivity index (χ1n) is 6.35. The lowest BCUT2D eigenvalue weighted by molar-refractivity contribution is 0.0695. The molecule has 0 aromatic heterocycles. The topological polar surface area (TPSA) is 58.6 Å². The van der Waals surface area contributed by atoms with Gasteiger partial charge in [-0.05, 0) is 31.0 Å². The van der Waals surface area contributed by atoms with E-state index >= 15 is 0 Å². The second-order valence-corrected chi connectivity index (χ2v) is 4.07. The lowest BCUT2D eigenvalue weighted by Gasteiger charge is -2.07. The highest BCUT2D eigenvalue weighted by atomic mass is 16.5. The van der Waals surface area contributed by atoms with Gasteiger partial charge in [-0.2, -0.15) is 0 Å². The summed E-state index contributed by atoms with van der Waals surface area (Å²) in [6.45, 7) is 5.14. The molecule has 0 fully saturated rings. The Labute approximate surface area is 108 Å². The Bertz CT molecular complexity index is 366. The highest BCUT2D eigenvalue weighted by molar-refractivity contribution is 5.89. The van der Waals surface area contributed by atoms with E-state index in [-0.39, 0.29) is 0 Å². The van der Waals surface area contributed by atoms with Crippen molar-refractivity contribution < 1.29 is 14.6 Å².